The van der Waals surface area contributed by atoms with Gasteiger partial charge in [0, 0.05) is 12.3 Å². The molecule has 7 N–H and O–H groups in total. The second-order valence-corrected chi connectivity index (χ2v) is 6.13. The molecule has 0 radical (unpaired) electrons. The van der Waals surface area contributed by atoms with Crippen LogP contribution >= 0.6 is 12.6 Å². The first-order valence-electron chi connectivity index (χ1n) is 7.93. The Hall–Kier alpha value is -2.34. The third-order valence-corrected chi connectivity index (χ3v) is 4.22. The average molecular weight is 389 g/mol. The molecule has 0 aliphatic carbocycles. The van der Waals surface area contributed by atoms with E-state index in [2.05, 4.69) is 23.3 Å². The highest BCUT2D eigenvalue weighted by molar-refractivity contribution is 7.80. The molecule has 146 valence electrons. The van der Waals surface area contributed by atoms with Gasteiger partial charge in [0.15, 0.2) is 0 Å². The first-order chi connectivity index (χ1) is 12.2. The number of primary amides is 1. The van der Waals surface area contributed by atoms with Crippen LogP contribution in [-0.2, 0) is 24.0 Å². The van der Waals surface area contributed by atoms with Crippen molar-refractivity contribution in [2.45, 2.75) is 37.4 Å². The van der Waals surface area contributed by atoms with Crippen molar-refractivity contribution in [1.29, 1.82) is 0 Å². The number of carbonyl (C=O) groups is 5. The molecule has 1 aliphatic heterocycles. The molecule has 0 aromatic carbocycles. The number of carboxylic acids is 1. The van der Waals surface area contributed by atoms with E-state index in [9.17, 15) is 24.0 Å². The van der Waals surface area contributed by atoms with Crippen molar-refractivity contribution in [3.05, 3.63) is 0 Å². The van der Waals surface area contributed by atoms with E-state index in [0.29, 0.717) is 12.8 Å². The summed E-state index contributed by atoms with van der Waals surface area (Å²) in [5.74, 6) is -4.10. The fourth-order valence-corrected chi connectivity index (χ4v) is 2.86. The summed E-state index contributed by atoms with van der Waals surface area (Å²) in [6.07, 6.45) is 0.394. The van der Waals surface area contributed by atoms with Crippen molar-refractivity contribution in [3.8, 4) is 0 Å². The van der Waals surface area contributed by atoms with Gasteiger partial charge in [-0.25, -0.2) is 4.79 Å². The molecule has 0 aromatic heterocycles. The van der Waals surface area contributed by atoms with Gasteiger partial charge in [-0.1, -0.05) is 0 Å². The maximum Gasteiger partial charge on any atom is 0.327 e. The second-order valence-electron chi connectivity index (χ2n) is 5.77. The van der Waals surface area contributed by atoms with Crippen molar-refractivity contribution in [1.82, 2.24) is 15.5 Å². The van der Waals surface area contributed by atoms with Crippen LogP contribution in [0.3, 0.4) is 0 Å². The first-order valence-corrected chi connectivity index (χ1v) is 8.56. The number of nitrogens with zero attached hydrogens (tertiary/aromatic N) is 1. The van der Waals surface area contributed by atoms with Crippen LogP contribution in [0.5, 0.6) is 0 Å². The largest absolute Gasteiger partial charge is 0.480 e. The predicted molar refractivity (Wildman–Crippen MR) is 93.0 cm³/mol. The Morgan fingerprint density at radius 3 is 2.35 bits per heavy atom. The molecule has 0 bridgehead atoms. The zero-order valence-corrected chi connectivity index (χ0v) is 14.9. The molecule has 0 saturated carbocycles. The summed E-state index contributed by atoms with van der Waals surface area (Å²) in [7, 11) is 0. The van der Waals surface area contributed by atoms with Crippen LogP contribution < -0.4 is 22.1 Å². The molecule has 1 saturated heterocycles. The highest BCUT2D eigenvalue weighted by Gasteiger charge is 2.39. The summed E-state index contributed by atoms with van der Waals surface area (Å²) in [6.45, 7) is -0.155. The van der Waals surface area contributed by atoms with Crippen molar-refractivity contribution >= 4 is 42.2 Å². The molecule has 4 amide bonds. The van der Waals surface area contributed by atoms with Crippen molar-refractivity contribution in [2.75, 3.05) is 18.8 Å². The number of carbonyl (C=O) groups excluding carboxylic acids is 4. The summed E-state index contributed by atoms with van der Waals surface area (Å²) < 4.78 is 0. The van der Waals surface area contributed by atoms with Crippen LogP contribution in [0.25, 0.3) is 0 Å². The maximum absolute atomic E-state index is 12.7. The van der Waals surface area contributed by atoms with Gasteiger partial charge in [0.25, 0.3) is 0 Å². The molecular formula is C14H23N5O6S. The summed E-state index contributed by atoms with van der Waals surface area (Å²) >= 11 is 3.87. The maximum atomic E-state index is 12.7. The quantitative estimate of drug-likeness (QED) is 0.224. The number of thiol groups is 1. The minimum atomic E-state index is -1.24. The summed E-state index contributed by atoms with van der Waals surface area (Å²) in [4.78, 5) is 59.9. The topological polar surface area (TPSA) is 185 Å². The third kappa shape index (κ3) is 5.88. The van der Waals surface area contributed by atoms with E-state index in [1.165, 1.54) is 4.90 Å². The van der Waals surface area contributed by atoms with Gasteiger partial charge in [-0.15, -0.1) is 0 Å². The Bertz CT molecular complexity index is 586. The Kier molecular flexibility index (Phi) is 8.32. The lowest BCUT2D eigenvalue weighted by molar-refractivity contribution is -0.144. The molecule has 1 rings (SSSR count). The number of likely N-dealkylation sites (tertiary alicyclic amines) is 1. The van der Waals surface area contributed by atoms with E-state index in [4.69, 9.17) is 16.6 Å². The zero-order chi connectivity index (χ0) is 19.9. The molecule has 12 heteroatoms. The highest BCUT2D eigenvalue weighted by atomic mass is 32.1. The summed E-state index contributed by atoms with van der Waals surface area (Å²) in [6, 6.07) is -3.34. The molecule has 0 spiro atoms. The number of hydrogen-bond donors (Lipinski definition) is 6. The van der Waals surface area contributed by atoms with E-state index < -0.39 is 54.1 Å². The fraction of sp³-hybridized carbons (Fsp3) is 0.643. The van der Waals surface area contributed by atoms with Gasteiger partial charge in [0.2, 0.25) is 23.6 Å². The van der Waals surface area contributed by atoms with Crippen LogP contribution in [0.1, 0.15) is 19.3 Å². The van der Waals surface area contributed by atoms with Gasteiger partial charge in [0.05, 0.1) is 13.0 Å². The number of nitrogens with one attached hydrogen (secondary N) is 2. The minimum Gasteiger partial charge on any atom is -0.480 e. The molecule has 3 unspecified atom stereocenters. The number of nitrogens with two attached hydrogens (primary N) is 2. The summed E-state index contributed by atoms with van der Waals surface area (Å²) in [5, 5.41) is 13.6. The van der Waals surface area contributed by atoms with Crippen LogP contribution in [0.15, 0.2) is 0 Å². The SMILES string of the molecule is NCC(=O)NC(CC(N)=O)C(=O)N1CCCC1C(=O)NC(CS)C(=O)O. The van der Waals surface area contributed by atoms with Crippen LogP contribution in [-0.4, -0.2) is 76.6 Å². The molecule has 0 aromatic rings. The van der Waals surface area contributed by atoms with E-state index in [-0.39, 0.29) is 18.8 Å². The Balaban J connectivity index is 2.89. The number of hydrogen-bond acceptors (Lipinski definition) is 7. The van der Waals surface area contributed by atoms with Gasteiger partial charge in [-0.3, -0.25) is 19.2 Å². The van der Waals surface area contributed by atoms with E-state index in [1.54, 1.807) is 0 Å². The van der Waals surface area contributed by atoms with Crippen molar-refractivity contribution in [3.63, 3.8) is 0 Å². The molecular weight excluding hydrogens is 366 g/mol. The molecule has 1 fully saturated rings. The monoisotopic (exact) mass is 389 g/mol. The van der Waals surface area contributed by atoms with Gasteiger partial charge < -0.3 is 32.1 Å². The minimum absolute atomic E-state index is 0.113. The zero-order valence-electron chi connectivity index (χ0n) is 14.0. The number of carboxylic acid groups (broad SMARTS) is 1. The molecule has 11 nitrogen and oxygen atoms in total. The predicted octanol–water partition coefficient (Wildman–Crippen LogP) is -3.20. The smallest absolute Gasteiger partial charge is 0.327 e. The van der Waals surface area contributed by atoms with Crippen LogP contribution in [0.2, 0.25) is 0 Å². The van der Waals surface area contributed by atoms with Crippen molar-refractivity contribution in [2.24, 2.45) is 11.5 Å². The summed E-state index contributed by atoms with van der Waals surface area (Å²) in [5.41, 5.74) is 10.3. The Labute approximate surface area is 155 Å². The third-order valence-electron chi connectivity index (χ3n) is 3.86. The van der Waals surface area contributed by atoms with E-state index in [1.807, 2.05) is 0 Å². The van der Waals surface area contributed by atoms with Gasteiger partial charge >= 0.3 is 5.97 Å². The number of rotatable bonds is 9. The van der Waals surface area contributed by atoms with Crippen LogP contribution in [0.4, 0.5) is 0 Å². The second kappa shape index (κ2) is 9.97. The number of aliphatic carboxylic acids is 1. The Morgan fingerprint density at radius 2 is 1.85 bits per heavy atom. The lowest BCUT2D eigenvalue weighted by Gasteiger charge is -2.28. The lowest BCUT2D eigenvalue weighted by atomic mass is 10.1. The molecule has 1 heterocycles. The fourth-order valence-electron chi connectivity index (χ4n) is 2.61. The first kappa shape index (κ1) is 21.7. The van der Waals surface area contributed by atoms with Gasteiger partial charge in [0.1, 0.15) is 18.1 Å². The standard InChI is InChI=1S/C14H23N5O6S/c15-5-11(21)17-7(4-10(16)20)13(23)19-3-1-2-9(19)12(22)18-8(6-26)14(24)25/h7-9,26H,1-6,15H2,(H2,16,20)(H,17,21)(H,18,22)(H,24,25). The highest BCUT2D eigenvalue weighted by Crippen LogP contribution is 2.19. The molecule has 3 atom stereocenters. The van der Waals surface area contributed by atoms with E-state index in [0.717, 1.165) is 0 Å². The normalized spacial score (nSPS) is 18.7. The average Bonchev–Trinajstić information content (AvgIpc) is 3.07. The van der Waals surface area contributed by atoms with Gasteiger partial charge in [-0.2, -0.15) is 12.6 Å². The lowest BCUT2D eigenvalue weighted by Crippen LogP contribution is -2.56. The van der Waals surface area contributed by atoms with E-state index >= 15 is 0 Å². The molecule has 1 aliphatic rings. The molecule has 26 heavy (non-hydrogen) atoms. The number of amides is 4. The van der Waals surface area contributed by atoms with Gasteiger partial charge in [-0.05, 0) is 12.8 Å². The van der Waals surface area contributed by atoms with Crippen LogP contribution in [0, 0.1) is 0 Å². The Morgan fingerprint density at radius 1 is 1.19 bits per heavy atom. The van der Waals surface area contributed by atoms with Crippen molar-refractivity contribution < 1.29 is 29.1 Å².